The maximum absolute atomic E-state index is 4.92. The van der Waals surface area contributed by atoms with Gasteiger partial charge in [-0.1, -0.05) is 0 Å². The molecule has 3 N–H and O–H groups in total. The molecular weight excluding hydrogens is 104 g/mol. The molecule has 0 radical (unpaired) electrons. The molecule has 0 atom stereocenters. The minimum Gasteiger partial charge on any atom is -0.317 e. The van der Waals surface area contributed by atoms with Crippen LogP contribution in [0.1, 0.15) is 12.8 Å². The molecule has 0 aromatic rings. The lowest BCUT2D eigenvalue weighted by Gasteiger charge is -2.32. The molecule has 48 valence electrons. The molecule has 1 rings (SSSR count). The Labute approximate surface area is 49.2 Å². The average molecular weight is 116 g/mol. The van der Waals surface area contributed by atoms with Gasteiger partial charge in [0, 0.05) is 6.04 Å². The van der Waals surface area contributed by atoms with Gasteiger partial charge in [-0.3, -0.25) is 0 Å². The van der Waals surface area contributed by atoms with Crippen molar-refractivity contribution in [3.05, 3.63) is 0 Å². The molecule has 0 spiro atoms. The SMILES string of the molecule is CNC1CC(ON)C1. The van der Waals surface area contributed by atoms with Gasteiger partial charge in [-0.2, -0.15) is 0 Å². The summed E-state index contributed by atoms with van der Waals surface area (Å²) in [6.45, 7) is 0. The monoisotopic (exact) mass is 116 g/mol. The Morgan fingerprint density at radius 3 is 2.62 bits per heavy atom. The highest BCUT2D eigenvalue weighted by Gasteiger charge is 2.27. The fraction of sp³-hybridized carbons (Fsp3) is 1.00. The van der Waals surface area contributed by atoms with Gasteiger partial charge in [0.2, 0.25) is 0 Å². The third-order valence-electron chi connectivity index (χ3n) is 1.70. The van der Waals surface area contributed by atoms with Crippen LogP contribution in [0.15, 0.2) is 0 Å². The normalized spacial score (nSPS) is 36.8. The van der Waals surface area contributed by atoms with Crippen LogP contribution in [-0.2, 0) is 4.84 Å². The van der Waals surface area contributed by atoms with E-state index in [1.165, 1.54) is 0 Å². The van der Waals surface area contributed by atoms with Crippen molar-refractivity contribution in [3.8, 4) is 0 Å². The zero-order valence-corrected chi connectivity index (χ0v) is 5.05. The summed E-state index contributed by atoms with van der Waals surface area (Å²) in [6, 6.07) is 0.642. The van der Waals surface area contributed by atoms with Crippen LogP contribution < -0.4 is 11.2 Å². The van der Waals surface area contributed by atoms with Crippen LogP contribution >= 0.6 is 0 Å². The van der Waals surface area contributed by atoms with E-state index in [9.17, 15) is 0 Å². The van der Waals surface area contributed by atoms with E-state index in [1.54, 1.807) is 0 Å². The lowest BCUT2D eigenvalue weighted by molar-refractivity contribution is -0.0162. The van der Waals surface area contributed by atoms with E-state index in [0.29, 0.717) is 12.1 Å². The Morgan fingerprint density at radius 2 is 2.25 bits per heavy atom. The van der Waals surface area contributed by atoms with Crippen molar-refractivity contribution in [2.45, 2.75) is 25.0 Å². The van der Waals surface area contributed by atoms with Crippen molar-refractivity contribution >= 4 is 0 Å². The van der Waals surface area contributed by atoms with E-state index in [1.807, 2.05) is 7.05 Å². The number of hydrogen-bond donors (Lipinski definition) is 2. The minimum atomic E-state index is 0.312. The summed E-state index contributed by atoms with van der Waals surface area (Å²) in [4.78, 5) is 4.58. The van der Waals surface area contributed by atoms with Gasteiger partial charge in [0.15, 0.2) is 0 Å². The first-order chi connectivity index (χ1) is 3.86. The maximum atomic E-state index is 4.92. The molecule has 0 bridgehead atoms. The van der Waals surface area contributed by atoms with Crippen molar-refractivity contribution in [2.75, 3.05) is 7.05 Å². The van der Waals surface area contributed by atoms with Gasteiger partial charge in [-0.05, 0) is 19.9 Å². The summed E-state index contributed by atoms with van der Waals surface area (Å²) < 4.78 is 0. The molecule has 0 amide bonds. The molecule has 0 aromatic heterocycles. The van der Waals surface area contributed by atoms with Crippen molar-refractivity contribution in [1.82, 2.24) is 5.32 Å². The standard InChI is InChI=1S/C5H12N2O/c1-7-4-2-5(3-4)8-6/h4-5,7H,2-3,6H2,1H3. The molecule has 0 aromatic carbocycles. The second-order valence-corrected chi connectivity index (χ2v) is 2.22. The van der Waals surface area contributed by atoms with Crippen LogP contribution in [0.4, 0.5) is 0 Å². The molecule has 0 saturated heterocycles. The summed E-state index contributed by atoms with van der Waals surface area (Å²) in [5.41, 5.74) is 0. The quantitative estimate of drug-likeness (QED) is 0.484. The van der Waals surface area contributed by atoms with Crippen LogP contribution in [0.3, 0.4) is 0 Å². The van der Waals surface area contributed by atoms with Crippen molar-refractivity contribution < 1.29 is 4.84 Å². The van der Waals surface area contributed by atoms with Gasteiger partial charge in [0.25, 0.3) is 0 Å². The largest absolute Gasteiger partial charge is 0.317 e. The average Bonchev–Trinajstić information content (AvgIpc) is 1.65. The Hall–Kier alpha value is -0.120. The van der Waals surface area contributed by atoms with Crippen LogP contribution in [0, 0.1) is 0 Å². The van der Waals surface area contributed by atoms with Gasteiger partial charge >= 0.3 is 0 Å². The Balaban J connectivity index is 2.03. The van der Waals surface area contributed by atoms with E-state index < -0.39 is 0 Å². The molecule has 3 nitrogen and oxygen atoms in total. The van der Waals surface area contributed by atoms with Gasteiger partial charge in [0.1, 0.15) is 0 Å². The smallest absolute Gasteiger partial charge is 0.0817 e. The Bertz CT molecular complexity index is 62.8. The molecule has 8 heavy (non-hydrogen) atoms. The van der Waals surface area contributed by atoms with Gasteiger partial charge in [0.05, 0.1) is 6.10 Å². The third-order valence-corrected chi connectivity index (χ3v) is 1.70. The maximum Gasteiger partial charge on any atom is 0.0817 e. The number of nitrogens with two attached hydrogens (primary N) is 1. The van der Waals surface area contributed by atoms with E-state index in [2.05, 4.69) is 10.2 Å². The first-order valence-corrected chi connectivity index (χ1v) is 2.89. The van der Waals surface area contributed by atoms with Gasteiger partial charge in [-0.15, -0.1) is 0 Å². The van der Waals surface area contributed by atoms with Gasteiger partial charge in [-0.25, -0.2) is 5.90 Å². The highest BCUT2D eigenvalue weighted by molar-refractivity contribution is 4.83. The summed E-state index contributed by atoms with van der Waals surface area (Å²) in [5, 5.41) is 3.13. The highest BCUT2D eigenvalue weighted by atomic mass is 16.6. The van der Waals surface area contributed by atoms with Crippen molar-refractivity contribution in [3.63, 3.8) is 0 Å². The lowest BCUT2D eigenvalue weighted by Crippen LogP contribution is -2.44. The fourth-order valence-corrected chi connectivity index (χ4v) is 0.912. The van der Waals surface area contributed by atoms with E-state index >= 15 is 0 Å². The van der Waals surface area contributed by atoms with Crippen molar-refractivity contribution in [2.24, 2.45) is 5.90 Å². The Kier molecular flexibility index (Phi) is 1.83. The first kappa shape index (κ1) is 6.01. The predicted molar refractivity (Wildman–Crippen MR) is 31.1 cm³/mol. The molecule has 0 aliphatic heterocycles. The lowest BCUT2D eigenvalue weighted by atomic mass is 9.90. The molecule has 1 aliphatic carbocycles. The third kappa shape index (κ3) is 0.992. The van der Waals surface area contributed by atoms with Crippen LogP contribution in [0.2, 0.25) is 0 Å². The molecule has 0 unspecified atom stereocenters. The summed E-state index contributed by atoms with van der Waals surface area (Å²) in [6.07, 6.45) is 2.44. The molecule has 1 saturated carbocycles. The van der Waals surface area contributed by atoms with E-state index in [0.717, 1.165) is 12.8 Å². The minimum absolute atomic E-state index is 0.312. The molecule has 0 heterocycles. The molecule has 3 heteroatoms. The molecule has 1 fully saturated rings. The second kappa shape index (κ2) is 2.44. The van der Waals surface area contributed by atoms with Crippen LogP contribution in [0.25, 0.3) is 0 Å². The van der Waals surface area contributed by atoms with E-state index in [-0.39, 0.29) is 0 Å². The summed E-state index contributed by atoms with van der Waals surface area (Å²) in [7, 11) is 1.96. The Morgan fingerprint density at radius 1 is 1.62 bits per heavy atom. The zero-order chi connectivity index (χ0) is 5.98. The number of nitrogens with one attached hydrogen (secondary N) is 1. The highest BCUT2D eigenvalue weighted by Crippen LogP contribution is 2.20. The predicted octanol–water partition coefficient (Wildman–Crippen LogP) is -0.373. The van der Waals surface area contributed by atoms with Crippen LogP contribution in [-0.4, -0.2) is 19.2 Å². The fourth-order valence-electron chi connectivity index (χ4n) is 0.912. The topological polar surface area (TPSA) is 47.3 Å². The van der Waals surface area contributed by atoms with E-state index in [4.69, 9.17) is 5.90 Å². The van der Waals surface area contributed by atoms with Crippen molar-refractivity contribution in [1.29, 1.82) is 0 Å². The first-order valence-electron chi connectivity index (χ1n) is 2.89. The zero-order valence-electron chi connectivity index (χ0n) is 5.05. The second-order valence-electron chi connectivity index (χ2n) is 2.22. The summed E-state index contributed by atoms with van der Waals surface area (Å²) in [5.74, 6) is 4.92. The molecular formula is C5H12N2O. The van der Waals surface area contributed by atoms with Gasteiger partial charge < -0.3 is 10.2 Å². The number of hydrogen-bond acceptors (Lipinski definition) is 3. The summed E-state index contributed by atoms with van der Waals surface area (Å²) >= 11 is 0. The molecule has 1 aliphatic rings. The van der Waals surface area contributed by atoms with Crippen LogP contribution in [0.5, 0.6) is 0 Å². The number of rotatable bonds is 2.